The van der Waals surface area contributed by atoms with Crippen LogP contribution in [0.3, 0.4) is 0 Å². The number of carbonyl (C=O) groups is 1. The van der Waals surface area contributed by atoms with Gasteiger partial charge in [0.25, 0.3) is 5.79 Å². The van der Waals surface area contributed by atoms with E-state index in [1.54, 1.807) is 6.92 Å². The van der Waals surface area contributed by atoms with Gasteiger partial charge in [-0.25, -0.2) is 4.79 Å². The van der Waals surface area contributed by atoms with E-state index < -0.39 is 17.7 Å². The number of carbonyl (C=O) groups excluding carboxylic acids is 1. The van der Waals surface area contributed by atoms with E-state index in [9.17, 15) is 4.79 Å². The van der Waals surface area contributed by atoms with Gasteiger partial charge in [0, 0.05) is 12.8 Å². The molecule has 0 bridgehead atoms. The van der Waals surface area contributed by atoms with Gasteiger partial charge in [0.05, 0.1) is 13.2 Å². The molecule has 0 aromatic carbocycles. The maximum atomic E-state index is 11.8. The van der Waals surface area contributed by atoms with E-state index in [2.05, 4.69) is 0 Å². The fourth-order valence-corrected chi connectivity index (χ4v) is 3.06. The molecule has 2 spiro atoms. The first-order valence-electron chi connectivity index (χ1n) is 6.86. The Hall–Kier alpha value is -0.650. The maximum absolute atomic E-state index is 11.8. The molecule has 3 aliphatic rings. The van der Waals surface area contributed by atoms with Crippen molar-refractivity contribution in [3.05, 3.63) is 0 Å². The van der Waals surface area contributed by atoms with Crippen LogP contribution < -0.4 is 0 Å². The van der Waals surface area contributed by atoms with Gasteiger partial charge < -0.3 is 18.9 Å². The molecule has 0 radical (unpaired) electrons. The Bertz CT molecular complexity index is 328. The Labute approximate surface area is 107 Å². The average molecular weight is 256 g/mol. The Morgan fingerprint density at radius 3 is 2.17 bits per heavy atom. The number of rotatable bonds is 0. The lowest BCUT2D eigenvalue weighted by molar-refractivity contribution is -0.441. The van der Waals surface area contributed by atoms with Crippen LogP contribution in [-0.4, -0.2) is 36.9 Å². The van der Waals surface area contributed by atoms with Crippen molar-refractivity contribution in [2.24, 2.45) is 0 Å². The summed E-state index contributed by atoms with van der Waals surface area (Å²) < 4.78 is 23.2. The minimum atomic E-state index is -1.02. The monoisotopic (exact) mass is 256 g/mol. The Balaban J connectivity index is 1.93. The highest BCUT2D eigenvalue weighted by molar-refractivity contribution is 5.75. The number of ether oxygens (including phenoxy) is 4. The van der Waals surface area contributed by atoms with E-state index in [1.807, 2.05) is 0 Å². The fourth-order valence-electron chi connectivity index (χ4n) is 3.06. The zero-order chi connectivity index (χ0) is 12.6. The van der Waals surface area contributed by atoms with Crippen LogP contribution in [0.4, 0.5) is 0 Å². The molecule has 3 rings (SSSR count). The molecule has 18 heavy (non-hydrogen) atoms. The van der Waals surface area contributed by atoms with Crippen LogP contribution in [0.2, 0.25) is 0 Å². The van der Waals surface area contributed by atoms with Crippen molar-refractivity contribution < 1.29 is 23.7 Å². The summed E-state index contributed by atoms with van der Waals surface area (Å²) in [4.78, 5) is 11.8. The first-order valence-corrected chi connectivity index (χ1v) is 6.86. The van der Waals surface area contributed by atoms with Crippen LogP contribution in [0.5, 0.6) is 0 Å². The highest BCUT2D eigenvalue weighted by atomic mass is 16.8. The summed E-state index contributed by atoms with van der Waals surface area (Å²) >= 11 is 0. The van der Waals surface area contributed by atoms with Gasteiger partial charge in [0.15, 0.2) is 6.10 Å². The van der Waals surface area contributed by atoms with Crippen LogP contribution in [0, 0.1) is 0 Å². The van der Waals surface area contributed by atoms with Gasteiger partial charge in [-0.05, 0) is 32.6 Å². The van der Waals surface area contributed by atoms with Gasteiger partial charge in [-0.15, -0.1) is 0 Å². The van der Waals surface area contributed by atoms with E-state index in [1.165, 1.54) is 0 Å². The van der Waals surface area contributed by atoms with Crippen molar-refractivity contribution in [1.82, 2.24) is 0 Å². The summed E-state index contributed by atoms with van der Waals surface area (Å²) in [5, 5.41) is 0. The van der Waals surface area contributed by atoms with Crippen molar-refractivity contribution >= 4 is 5.97 Å². The van der Waals surface area contributed by atoms with Crippen LogP contribution in [0.15, 0.2) is 0 Å². The van der Waals surface area contributed by atoms with Gasteiger partial charge in [-0.1, -0.05) is 0 Å². The topological polar surface area (TPSA) is 54.0 Å². The summed E-state index contributed by atoms with van der Waals surface area (Å²) in [7, 11) is 0. The first kappa shape index (κ1) is 12.4. The number of hydrogen-bond donors (Lipinski definition) is 0. The van der Waals surface area contributed by atoms with Crippen molar-refractivity contribution in [1.29, 1.82) is 0 Å². The van der Waals surface area contributed by atoms with Gasteiger partial charge >= 0.3 is 5.97 Å². The van der Waals surface area contributed by atoms with Crippen LogP contribution >= 0.6 is 0 Å². The summed E-state index contributed by atoms with van der Waals surface area (Å²) in [6.07, 6.45) is 4.79. The molecule has 0 N–H and O–H groups in total. The van der Waals surface area contributed by atoms with E-state index in [0.29, 0.717) is 19.6 Å². The lowest BCUT2D eigenvalue weighted by Gasteiger charge is -2.54. The standard InChI is InChI=1S/C13H20O5/c1-10-11(14)18-13(7-3-5-9-16-13)12(17-10)6-2-4-8-15-12/h10H,2-9H2,1H3/t10-,12?,13?/m0/s1. The molecule has 3 atom stereocenters. The molecule has 3 heterocycles. The number of esters is 1. The van der Waals surface area contributed by atoms with Gasteiger partial charge in [-0.3, -0.25) is 0 Å². The lowest BCUT2D eigenvalue weighted by Crippen LogP contribution is -2.68. The quantitative estimate of drug-likeness (QED) is 0.618. The second kappa shape index (κ2) is 4.47. The lowest BCUT2D eigenvalue weighted by atomic mass is 9.89. The summed E-state index contributed by atoms with van der Waals surface area (Å²) in [5.41, 5.74) is 0. The van der Waals surface area contributed by atoms with Crippen molar-refractivity contribution in [2.45, 2.75) is 63.1 Å². The summed E-state index contributed by atoms with van der Waals surface area (Å²) in [6, 6.07) is 0. The minimum Gasteiger partial charge on any atom is -0.425 e. The molecule has 102 valence electrons. The van der Waals surface area contributed by atoms with E-state index in [4.69, 9.17) is 18.9 Å². The molecule has 5 heteroatoms. The highest BCUT2D eigenvalue weighted by Crippen LogP contribution is 2.47. The van der Waals surface area contributed by atoms with Crippen molar-refractivity contribution in [3.63, 3.8) is 0 Å². The summed E-state index contributed by atoms with van der Waals surface area (Å²) in [5.74, 6) is -2.26. The molecule has 0 aromatic rings. The van der Waals surface area contributed by atoms with Gasteiger partial charge in [0.1, 0.15) is 0 Å². The molecule has 0 aromatic heterocycles. The molecule has 3 fully saturated rings. The van der Waals surface area contributed by atoms with Crippen LogP contribution in [-0.2, 0) is 23.7 Å². The van der Waals surface area contributed by atoms with Gasteiger partial charge in [0.2, 0.25) is 5.79 Å². The van der Waals surface area contributed by atoms with Crippen molar-refractivity contribution in [3.8, 4) is 0 Å². The SMILES string of the molecule is C[C@@H]1OC2(CCCCO2)C2(CCCCO2)OC1=O. The van der Waals surface area contributed by atoms with Crippen LogP contribution in [0.25, 0.3) is 0 Å². The average Bonchev–Trinajstić information content (AvgIpc) is 2.39. The molecule has 0 aliphatic carbocycles. The molecule has 3 aliphatic heterocycles. The normalized spacial score (nSPS) is 45.2. The second-order valence-corrected chi connectivity index (χ2v) is 5.30. The third-order valence-electron chi connectivity index (χ3n) is 4.02. The Kier molecular flexibility index (Phi) is 3.08. The highest BCUT2D eigenvalue weighted by Gasteiger charge is 2.63. The zero-order valence-electron chi connectivity index (χ0n) is 10.8. The predicted octanol–water partition coefficient (Wildman–Crippen LogP) is 1.74. The molecular formula is C13H20O5. The smallest absolute Gasteiger partial charge is 0.337 e. The molecular weight excluding hydrogens is 236 g/mol. The van der Waals surface area contributed by atoms with Gasteiger partial charge in [-0.2, -0.15) is 0 Å². The van der Waals surface area contributed by atoms with E-state index in [0.717, 1.165) is 32.1 Å². The molecule has 2 unspecified atom stereocenters. The first-order chi connectivity index (χ1) is 8.68. The fraction of sp³-hybridized carbons (Fsp3) is 0.923. The third kappa shape index (κ3) is 1.76. The molecule has 3 saturated heterocycles. The molecule has 0 saturated carbocycles. The Morgan fingerprint density at radius 1 is 1.00 bits per heavy atom. The predicted molar refractivity (Wildman–Crippen MR) is 61.7 cm³/mol. The number of hydrogen-bond acceptors (Lipinski definition) is 5. The largest absolute Gasteiger partial charge is 0.425 e. The molecule has 0 amide bonds. The van der Waals surface area contributed by atoms with Crippen molar-refractivity contribution in [2.75, 3.05) is 13.2 Å². The zero-order valence-corrected chi connectivity index (χ0v) is 10.8. The molecule has 5 nitrogen and oxygen atoms in total. The summed E-state index contributed by atoms with van der Waals surface area (Å²) in [6.45, 7) is 2.93. The van der Waals surface area contributed by atoms with E-state index in [-0.39, 0.29) is 5.97 Å². The van der Waals surface area contributed by atoms with Crippen LogP contribution in [0.1, 0.15) is 45.4 Å². The third-order valence-corrected chi connectivity index (χ3v) is 4.02. The Morgan fingerprint density at radius 2 is 1.61 bits per heavy atom. The maximum Gasteiger partial charge on any atom is 0.337 e. The minimum absolute atomic E-state index is 0.350. The van der Waals surface area contributed by atoms with E-state index >= 15 is 0 Å². The second-order valence-electron chi connectivity index (χ2n) is 5.30. The number of fused-ring (bicyclic) bond motifs is 1.